The Bertz CT molecular complexity index is 548. The Morgan fingerprint density at radius 3 is 3.17 bits per heavy atom. The van der Waals surface area contributed by atoms with Crippen molar-refractivity contribution in [3.05, 3.63) is 36.0 Å². The largest absolute Gasteiger partial charge is 0.508 e. The molecule has 0 spiro atoms. The van der Waals surface area contributed by atoms with Crippen molar-refractivity contribution < 1.29 is 9.84 Å². The number of hydrogen-bond donors (Lipinski definition) is 2. The van der Waals surface area contributed by atoms with E-state index in [0.29, 0.717) is 0 Å². The van der Waals surface area contributed by atoms with Crippen molar-refractivity contribution in [3.8, 4) is 5.75 Å². The Hall–Kier alpha value is -1.65. The first-order valence-electron chi connectivity index (χ1n) is 6.24. The molecule has 4 nitrogen and oxygen atoms in total. The number of pyridine rings is 1. The third kappa shape index (κ3) is 2.30. The van der Waals surface area contributed by atoms with Gasteiger partial charge in [0.15, 0.2) is 0 Å². The summed E-state index contributed by atoms with van der Waals surface area (Å²) in [7, 11) is 0. The van der Waals surface area contributed by atoms with Crippen LogP contribution in [-0.4, -0.2) is 29.8 Å². The van der Waals surface area contributed by atoms with Gasteiger partial charge in [-0.15, -0.1) is 0 Å². The molecule has 0 amide bonds. The van der Waals surface area contributed by atoms with E-state index in [1.54, 1.807) is 12.1 Å². The molecule has 1 aromatic carbocycles. The maximum atomic E-state index is 9.51. The second kappa shape index (κ2) is 4.92. The van der Waals surface area contributed by atoms with Crippen LogP contribution in [0.2, 0.25) is 0 Å². The quantitative estimate of drug-likeness (QED) is 0.805. The van der Waals surface area contributed by atoms with E-state index >= 15 is 0 Å². The van der Waals surface area contributed by atoms with Gasteiger partial charge in [-0.2, -0.15) is 0 Å². The minimum atomic E-state index is 0.0965. The average molecular weight is 244 g/mol. The van der Waals surface area contributed by atoms with Gasteiger partial charge >= 0.3 is 0 Å². The monoisotopic (exact) mass is 244 g/mol. The highest BCUT2D eigenvalue weighted by Crippen LogP contribution is 2.26. The number of fused-ring (bicyclic) bond motifs is 1. The summed E-state index contributed by atoms with van der Waals surface area (Å²) in [6.07, 6.45) is 2.92. The Morgan fingerprint density at radius 2 is 2.22 bits per heavy atom. The van der Waals surface area contributed by atoms with Crippen LogP contribution in [0, 0.1) is 0 Å². The van der Waals surface area contributed by atoms with Gasteiger partial charge in [-0.05, 0) is 42.8 Å². The SMILES string of the molecule is Oc1ccc2ncc(C3CCNCCO3)cc2c1. The van der Waals surface area contributed by atoms with Crippen LogP contribution in [0.25, 0.3) is 10.9 Å². The fraction of sp³-hybridized carbons (Fsp3) is 0.357. The molecule has 2 aromatic rings. The van der Waals surface area contributed by atoms with E-state index in [4.69, 9.17) is 4.74 Å². The van der Waals surface area contributed by atoms with Crippen LogP contribution in [0.3, 0.4) is 0 Å². The van der Waals surface area contributed by atoms with Crippen LogP contribution in [0.5, 0.6) is 5.75 Å². The maximum Gasteiger partial charge on any atom is 0.116 e. The van der Waals surface area contributed by atoms with Crippen molar-refractivity contribution in [2.75, 3.05) is 19.7 Å². The van der Waals surface area contributed by atoms with E-state index in [2.05, 4.69) is 16.4 Å². The number of rotatable bonds is 1. The average Bonchev–Trinajstić information content (AvgIpc) is 2.66. The lowest BCUT2D eigenvalue weighted by Gasteiger charge is -2.15. The van der Waals surface area contributed by atoms with Gasteiger partial charge in [0.2, 0.25) is 0 Å². The van der Waals surface area contributed by atoms with Gasteiger partial charge in [-0.3, -0.25) is 4.98 Å². The highest BCUT2D eigenvalue weighted by molar-refractivity contribution is 5.80. The van der Waals surface area contributed by atoms with E-state index in [1.807, 2.05) is 12.3 Å². The third-order valence-corrected chi connectivity index (χ3v) is 3.24. The second-order valence-electron chi connectivity index (χ2n) is 4.54. The minimum absolute atomic E-state index is 0.0965. The van der Waals surface area contributed by atoms with E-state index in [9.17, 15) is 5.11 Å². The van der Waals surface area contributed by atoms with Crippen molar-refractivity contribution in [2.45, 2.75) is 12.5 Å². The summed E-state index contributed by atoms with van der Waals surface area (Å²) in [5.74, 6) is 0.268. The van der Waals surface area contributed by atoms with Crippen LogP contribution < -0.4 is 5.32 Å². The molecule has 1 aliphatic rings. The molecule has 18 heavy (non-hydrogen) atoms. The van der Waals surface area contributed by atoms with Crippen LogP contribution in [0.15, 0.2) is 30.5 Å². The molecule has 1 aliphatic heterocycles. The molecule has 1 saturated heterocycles. The Labute approximate surface area is 106 Å². The normalized spacial score (nSPS) is 20.8. The lowest BCUT2D eigenvalue weighted by atomic mass is 10.1. The fourth-order valence-electron chi connectivity index (χ4n) is 2.29. The number of hydrogen-bond acceptors (Lipinski definition) is 4. The number of aromatic nitrogens is 1. The molecule has 0 aliphatic carbocycles. The van der Waals surface area contributed by atoms with E-state index in [-0.39, 0.29) is 11.9 Å². The van der Waals surface area contributed by atoms with E-state index in [1.165, 1.54) is 0 Å². The van der Waals surface area contributed by atoms with Gasteiger partial charge in [-0.1, -0.05) is 0 Å². The maximum absolute atomic E-state index is 9.51. The molecular weight excluding hydrogens is 228 g/mol. The molecule has 0 bridgehead atoms. The van der Waals surface area contributed by atoms with Crippen molar-refractivity contribution in [1.82, 2.24) is 10.3 Å². The number of phenols is 1. The van der Waals surface area contributed by atoms with Crippen LogP contribution in [-0.2, 0) is 4.74 Å². The molecule has 1 aromatic heterocycles. The Kier molecular flexibility index (Phi) is 3.13. The number of ether oxygens (including phenoxy) is 1. The molecule has 1 fully saturated rings. The molecule has 3 rings (SSSR count). The molecule has 94 valence electrons. The van der Waals surface area contributed by atoms with Gasteiger partial charge in [0.25, 0.3) is 0 Å². The van der Waals surface area contributed by atoms with Gasteiger partial charge in [0, 0.05) is 18.1 Å². The Balaban J connectivity index is 1.96. The van der Waals surface area contributed by atoms with Gasteiger partial charge in [0.1, 0.15) is 5.75 Å². The van der Waals surface area contributed by atoms with E-state index in [0.717, 1.165) is 42.6 Å². The fourth-order valence-corrected chi connectivity index (χ4v) is 2.29. The zero-order valence-electron chi connectivity index (χ0n) is 10.1. The van der Waals surface area contributed by atoms with Crippen molar-refractivity contribution in [3.63, 3.8) is 0 Å². The number of nitrogens with zero attached hydrogens (tertiary/aromatic N) is 1. The summed E-state index contributed by atoms with van der Waals surface area (Å²) in [5.41, 5.74) is 1.97. The highest BCUT2D eigenvalue weighted by Gasteiger charge is 2.15. The predicted molar refractivity (Wildman–Crippen MR) is 69.6 cm³/mol. The number of benzene rings is 1. The smallest absolute Gasteiger partial charge is 0.116 e. The zero-order chi connectivity index (χ0) is 12.4. The van der Waals surface area contributed by atoms with Crippen LogP contribution >= 0.6 is 0 Å². The first kappa shape index (κ1) is 11.4. The molecule has 1 atom stereocenters. The minimum Gasteiger partial charge on any atom is -0.508 e. The Morgan fingerprint density at radius 1 is 1.28 bits per heavy atom. The summed E-state index contributed by atoms with van der Waals surface area (Å²) in [5, 5.41) is 13.8. The van der Waals surface area contributed by atoms with Gasteiger partial charge in [0.05, 0.1) is 18.2 Å². The summed E-state index contributed by atoms with van der Waals surface area (Å²) in [6.45, 7) is 2.59. The van der Waals surface area contributed by atoms with Crippen molar-refractivity contribution in [1.29, 1.82) is 0 Å². The molecule has 0 saturated carbocycles. The lowest BCUT2D eigenvalue weighted by molar-refractivity contribution is 0.0643. The molecule has 2 heterocycles. The van der Waals surface area contributed by atoms with Crippen LogP contribution in [0.4, 0.5) is 0 Å². The number of aromatic hydroxyl groups is 1. The first-order valence-corrected chi connectivity index (χ1v) is 6.24. The number of phenolic OH excluding ortho intramolecular Hbond substituents is 1. The zero-order valence-corrected chi connectivity index (χ0v) is 10.1. The molecule has 4 heteroatoms. The summed E-state index contributed by atoms with van der Waals surface area (Å²) >= 11 is 0. The lowest BCUT2D eigenvalue weighted by Crippen LogP contribution is -2.16. The van der Waals surface area contributed by atoms with Crippen LogP contribution in [0.1, 0.15) is 18.1 Å². The molecule has 0 radical (unpaired) electrons. The van der Waals surface area contributed by atoms with E-state index < -0.39 is 0 Å². The van der Waals surface area contributed by atoms with Gasteiger partial charge < -0.3 is 15.2 Å². The third-order valence-electron chi connectivity index (χ3n) is 3.24. The molecule has 1 unspecified atom stereocenters. The first-order chi connectivity index (χ1) is 8.83. The highest BCUT2D eigenvalue weighted by atomic mass is 16.5. The number of nitrogens with one attached hydrogen (secondary N) is 1. The topological polar surface area (TPSA) is 54.4 Å². The van der Waals surface area contributed by atoms with Gasteiger partial charge in [-0.25, -0.2) is 0 Å². The summed E-state index contributed by atoms with van der Waals surface area (Å²) < 4.78 is 5.80. The standard InChI is InChI=1S/C14H16N2O2/c17-12-1-2-13-10(8-12)7-11(9-16-13)14-3-4-15-5-6-18-14/h1-2,7-9,14-15,17H,3-6H2. The second-order valence-corrected chi connectivity index (χ2v) is 4.54. The summed E-state index contributed by atoms with van der Waals surface area (Å²) in [6, 6.07) is 7.27. The van der Waals surface area contributed by atoms with Crippen molar-refractivity contribution in [2.24, 2.45) is 0 Å². The predicted octanol–water partition coefficient (Wildman–Crippen LogP) is 1.99. The molecule has 2 N–H and O–H groups in total. The summed E-state index contributed by atoms with van der Waals surface area (Å²) in [4.78, 5) is 4.42. The van der Waals surface area contributed by atoms with Crippen molar-refractivity contribution >= 4 is 10.9 Å². The molecular formula is C14H16N2O2.